The minimum Gasteiger partial charge on any atom is -0.386 e. The number of aromatic nitrogens is 4. The van der Waals surface area contributed by atoms with Gasteiger partial charge in [0, 0.05) is 6.04 Å². The van der Waals surface area contributed by atoms with Gasteiger partial charge in [-0.25, -0.2) is 13.9 Å². The first-order valence-corrected chi connectivity index (χ1v) is 9.49. The number of imidazole rings is 1. The summed E-state index contributed by atoms with van der Waals surface area (Å²) in [6.07, 6.45) is -0.556. The van der Waals surface area contributed by atoms with E-state index in [1.165, 1.54) is 17.8 Å². The number of nitrogens with zero attached hydrogens (tertiary/aromatic N) is 4. The van der Waals surface area contributed by atoms with Crippen molar-refractivity contribution in [1.29, 1.82) is 0 Å². The van der Waals surface area contributed by atoms with Crippen LogP contribution < -0.4 is 11.1 Å². The molecule has 12 heteroatoms. The summed E-state index contributed by atoms with van der Waals surface area (Å²) < 4.78 is 38.4. The Morgan fingerprint density at radius 2 is 2.36 bits per heavy atom. The lowest BCUT2D eigenvalue weighted by molar-refractivity contribution is -0.0485. The summed E-state index contributed by atoms with van der Waals surface area (Å²) in [5, 5.41) is 13.8. The van der Waals surface area contributed by atoms with Crippen LogP contribution in [0.5, 0.6) is 0 Å². The second kappa shape index (κ2) is 7.00. The number of alkyl halides is 1. The minimum absolute atomic E-state index is 0.000710. The number of nitrogens with one attached hydrogen (secondary N) is 1. The van der Waals surface area contributed by atoms with Gasteiger partial charge in [-0.2, -0.15) is 9.97 Å². The standard InChI is InChI=1S/C16H20FN6O4P/c1-7(2)16(17)11(24)9(5-26-28-25)27-14(16)23-6-19-10-12(20-8-3-4-8)21-15(18)22-13(10)23/h6,8-9,11,14,24H,1,3-5H2,2H3,(H3,18,20,21,22)/t9-,11-,14-,16-/m1/s1. The van der Waals surface area contributed by atoms with Crippen molar-refractivity contribution >= 4 is 31.6 Å². The molecule has 4 atom stereocenters. The van der Waals surface area contributed by atoms with Crippen molar-refractivity contribution in [2.45, 2.75) is 49.9 Å². The summed E-state index contributed by atoms with van der Waals surface area (Å²) in [7, 11) is -0.593. The molecule has 1 aliphatic carbocycles. The van der Waals surface area contributed by atoms with Gasteiger partial charge in [-0.1, -0.05) is 6.58 Å². The number of hydrogen-bond donors (Lipinski definition) is 3. The lowest BCUT2D eigenvalue weighted by Gasteiger charge is -2.29. The highest BCUT2D eigenvalue weighted by Gasteiger charge is 2.59. The quantitative estimate of drug-likeness (QED) is 0.460. The number of hydrogen-bond acceptors (Lipinski definition) is 9. The van der Waals surface area contributed by atoms with Crippen LogP contribution in [0.1, 0.15) is 26.0 Å². The summed E-state index contributed by atoms with van der Waals surface area (Å²) in [5.74, 6) is 0.466. The number of nitrogen functional groups attached to an aromatic ring is 1. The van der Waals surface area contributed by atoms with Gasteiger partial charge in [0.1, 0.15) is 12.2 Å². The number of aliphatic hydroxyl groups is 1. The number of halogens is 1. The van der Waals surface area contributed by atoms with E-state index >= 15 is 4.39 Å². The van der Waals surface area contributed by atoms with E-state index < -0.39 is 32.8 Å². The Balaban J connectivity index is 1.78. The predicted molar refractivity (Wildman–Crippen MR) is 98.5 cm³/mol. The molecule has 28 heavy (non-hydrogen) atoms. The van der Waals surface area contributed by atoms with Crippen molar-refractivity contribution in [1.82, 2.24) is 19.5 Å². The number of anilines is 2. The maximum atomic E-state index is 15.9. The highest BCUT2D eigenvalue weighted by molar-refractivity contribution is 7.17. The SMILES string of the molecule is C=C(C)[C@@]1(F)[C@H](O)[C@@H](COP=O)O[C@H]1n1cnc2c(NC3CC3)nc(N)nc21. The number of nitrogens with two attached hydrogens (primary N) is 1. The molecule has 1 aliphatic heterocycles. The first-order valence-electron chi connectivity index (χ1n) is 8.75. The highest BCUT2D eigenvalue weighted by Crippen LogP contribution is 2.47. The van der Waals surface area contributed by atoms with Gasteiger partial charge in [-0.15, -0.1) is 0 Å². The number of rotatable bonds is 7. The molecule has 0 spiro atoms. The van der Waals surface area contributed by atoms with Crippen LogP contribution in [0.3, 0.4) is 0 Å². The topological polar surface area (TPSA) is 137 Å². The molecule has 0 radical (unpaired) electrons. The zero-order valence-electron chi connectivity index (χ0n) is 15.1. The zero-order valence-corrected chi connectivity index (χ0v) is 16.0. The molecule has 10 nitrogen and oxygen atoms in total. The van der Waals surface area contributed by atoms with Crippen LogP contribution in [-0.2, 0) is 13.8 Å². The Kier molecular flexibility index (Phi) is 4.78. The molecular weight excluding hydrogens is 390 g/mol. The van der Waals surface area contributed by atoms with E-state index in [9.17, 15) is 9.67 Å². The summed E-state index contributed by atoms with van der Waals surface area (Å²) in [4.78, 5) is 12.7. The van der Waals surface area contributed by atoms with Gasteiger partial charge in [0.25, 0.3) is 0 Å². The fourth-order valence-electron chi connectivity index (χ4n) is 3.35. The summed E-state index contributed by atoms with van der Waals surface area (Å²) >= 11 is 0. The van der Waals surface area contributed by atoms with Crippen molar-refractivity contribution in [2.24, 2.45) is 0 Å². The van der Waals surface area contributed by atoms with Crippen molar-refractivity contribution in [3.05, 3.63) is 18.5 Å². The van der Waals surface area contributed by atoms with E-state index in [1.807, 2.05) is 0 Å². The van der Waals surface area contributed by atoms with Crippen molar-refractivity contribution in [2.75, 3.05) is 17.7 Å². The number of ether oxygens (including phenoxy) is 1. The maximum absolute atomic E-state index is 15.9. The highest BCUT2D eigenvalue weighted by atomic mass is 31.1. The lowest BCUT2D eigenvalue weighted by atomic mass is 9.89. The third kappa shape index (κ3) is 3.04. The van der Waals surface area contributed by atoms with Crippen molar-refractivity contribution < 1.29 is 23.3 Å². The Bertz CT molecular complexity index is 937. The molecule has 150 valence electrons. The largest absolute Gasteiger partial charge is 0.386 e. The van der Waals surface area contributed by atoms with Crippen molar-refractivity contribution in [3.63, 3.8) is 0 Å². The smallest absolute Gasteiger partial charge is 0.327 e. The Labute approximate surface area is 161 Å². The van der Waals surface area contributed by atoms with Crippen LogP contribution in [0, 0.1) is 0 Å². The van der Waals surface area contributed by atoms with Gasteiger partial charge in [0.2, 0.25) is 11.6 Å². The van der Waals surface area contributed by atoms with Gasteiger partial charge < -0.3 is 20.9 Å². The normalized spacial score (nSPS) is 30.2. The van der Waals surface area contributed by atoms with E-state index in [-0.39, 0.29) is 23.8 Å². The molecule has 2 fully saturated rings. The van der Waals surface area contributed by atoms with E-state index in [1.54, 1.807) is 0 Å². The lowest BCUT2D eigenvalue weighted by Crippen LogP contribution is -2.44. The average Bonchev–Trinajstić information content (AvgIpc) is 3.31. The van der Waals surface area contributed by atoms with Gasteiger partial charge in [-0.3, -0.25) is 9.09 Å². The summed E-state index contributed by atoms with van der Waals surface area (Å²) in [6.45, 7) is 4.87. The molecule has 1 saturated carbocycles. The third-order valence-corrected chi connectivity index (χ3v) is 5.26. The average molecular weight is 410 g/mol. The van der Waals surface area contributed by atoms with Gasteiger partial charge >= 0.3 is 8.69 Å². The fraction of sp³-hybridized carbons (Fsp3) is 0.562. The van der Waals surface area contributed by atoms with Crippen LogP contribution in [0.2, 0.25) is 0 Å². The van der Waals surface area contributed by atoms with Crippen LogP contribution in [0.25, 0.3) is 11.2 Å². The van der Waals surface area contributed by atoms with Crippen LogP contribution in [0.4, 0.5) is 16.2 Å². The molecule has 4 rings (SSSR count). The van der Waals surface area contributed by atoms with E-state index in [2.05, 4.69) is 26.8 Å². The van der Waals surface area contributed by atoms with E-state index in [4.69, 9.17) is 15.0 Å². The maximum Gasteiger partial charge on any atom is 0.327 e. The predicted octanol–water partition coefficient (Wildman–Crippen LogP) is 1.75. The summed E-state index contributed by atoms with van der Waals surface area (Å²) in [5.41, 5.74) is 4.24. The molecule has 4 N–H and O–H groups in total. The molecular formula is C16H20FN6O4P. The van der Waals surface area contributed by atoms with Crippen LogP contribution in [-0.4, -0.2) is 55.2 Å². The Hall–Kier alpha value is -2.20. The molecule has 0 bridgehead atoms. The molecule has 2 aromatic heterocycles. The molecule has 0 amide bonds. The summed E-state index contributed by atoms with van der Waals surface area (Å²) in [6, 6.07) is 0.302. The molecule has 0 unspecified atom stereocenters. The molecule has 3 heterocycles. The fourth-order valence-corrected chi connectivity index (χ4v) is 3.56. The second-order valence-electron chi connectivity index (χ2n) is 7.06. The number of fused-ring (bicyclic) bond motifs is 1. The van der Waals surface area contributed by atoms with E-state index in [0.717, 1.165) is 12.8 Å². The van der Waals surface area contributed by atoms with E-state index in [0.29, 0.717) is 17.4 Å². The number of aliphatic hydroxyl groups excluding tert-OH is 1. The van der Waals surface area contributed by atoms with Crippen molar-refractivity contribution in [3.8, 4) is 0 Å². The first-order chi connectivity index (χ1) is 13.4. The first kappa shape index (κ1) is 19.1. The monoisotopic (exact) mass is 410 g/mol. The van der Waals surface area contributed by atoms with Gasteiger partial charge in [-0.05, 0) is 25.3 Å². The molecule has 2 aromatic rings. The molecule has 2 aliphatic rings. The Morgan fingerprint density at radius 3 is 3.00 bits per heavy atom. The molecule has 1 saturated heterocycles. The molecule has 0 aromatic carbocycles. The minimum atomic E-state index is -2.34. The Morgan fingerprint density at radius 1 is 1.61 bits per heavy atom. The van der Waals surface area contributed by atoms with Gasteiger partial charge in [0.15, 0.2) is 23.2 Å². The zero-order chi connectivity index (χ0) is 20.1. The van der Waals surface area contributed by atoms with Crippen LogP contribution in [0.15, 0.2) is 18.5 Å². The van der Waals surface area contributed by atoms with Crippen LogP contribution >= 0.6 is 8.69 Å². The van der Waals surface area contributed by atoms with Gasteiger partial charge in [0.05, 0.1) is 12.9 Å². The second-order valence-corrected chi connectivity index (χ2v) is 7.47. The third-order valence-electron chi connectivity index (χ3n) is 5.00.